The predicted octanol–water partition coefficient (Wildman–Crippen LogP) is 5.80. The molecule has 4 aliphatic rings. The fraction of sp³-hybridized carbons (Fsp3) is 0.440. The topological polar surface area (TPSA) is 42.0 Å². The molecule has 0 aliphatic heterocycles. The third-order valence-electron chi connectivity index (χ3n) is 7.01. The minimum absolute atomic E-state index is 0.188. The molecule has 4 aliphatic carbocycles. The van der Waals surface area contributed by atoms with Gasteiger partial charge in [0.15, 0.2) is 0 Å². The number of hydrogen-bond acceptors (Lipinski definition) is 2. The molecule has 4 fully saturated rings. The molecule has 4 bridgehead atoms. The van der Waals surface area contributed by atoms with Gasteiger partial charge in [0.2, 0.25) is 5.91 Å². The number of hydrogen-bond donors (Lipinski definition) is 1. The van der Waals surface area contributed by atoms with Crippen LogP contribution in [0.25, 0.3) is 12.2 Å². The predicted molar refractivity (Wildman–Crippen MR) is 113 cm³/mol. The molecule has 1 aromatic heterocycles. The molecule has 3 heteroatoms. The van der Waals surface area contributed by atoms with Gasteiger partial charge < -0.3 is 5.32 Å². The van der Waals surface area contributed by atoms with Gasteiger partial charge in [0.25, 0.3) is 0 Å². The van der Waals surface area contributed by atoms with Crippen LogP contribution in [0.4, 0.5) is 5.69 Å². The zero-order valence-corrected chi connectivity index (χ0v) is 16.3. The fourth-order valence-electron chi connectivity index (χ4n) is 6.43. The van der Waals surface area contributed by atoms with E-state index in [2.05, 4.69) is 10.3 Å². The Labute approximate surface area is 167 Å². The monoisotopic (exact) mass is 372 g/mol. The van der Waals surface area contributed by atoms with Crippen LogP contribution in [0.2, 0.25) is 0 Å². The minimum Gasteiger partial charge on any atom is -0.326 e. The lowest BCUT2D eigenvalue weighted by atomic mass is 9.49. The van der Waals surface area contributed by atoms with E-state index in [-0.39, 0.29) is 11.3 Å². The molecule has 6 rings (SSSR count). The van der Waals surface area contributed by atoms with Crippen molar-refractivity contribution in [3.05, 3.63) is 59.9 Å². The highest BCUT2D eigenvalue weighted by Gasteiger charge is 2.51. The second-order valence-corrected chi connectivity index (χ2v) is 9.36. The maximum absolute atomic E-state index is 12.8. The Morgan fingerprint density at radius 3 is 2.43 bits per heavy atom. The van der Waals surface area contributed by atoms with Crippen molar-refractivity contribution < 1.29 is 4.79 Å². The van der Waals surface area contributed by atoms with Crippen LogP contribution >= 0.6 is 0 Å². The van der Waals surface area contributed by atoms with Gasteiger partial charge in [-0.05, 0) is 97.6 Å². The van der Waals surface area contributed by atoms with Gasteiger partial charge in [-0.25, -0.2) is 0 Å². The highest BCUT2D eigenvalue weighted by molar-refractivity contribution is 5.91. The van der Waals surface area contributed by atoms with Crippen LogP contribution in [0.5, 0.6) is 0 Å². The second kappa shape index (κ2) is 7.20. The number of carbonyl (C=O) groups excluding carboxylic acids is 1. The molecule has 1 heterocycles. The Morgan fingerprint density at radius 2 is 1.75 bits per heavy atom. The number of anilines is 1. The quantitative estimate of drug-likeness (QED) is 0.721. The first-order valence-corrected chi connectivity index (χ1v) is 10.6. The number of nitrogens with zero attached hydrogens (tertiary/aromatic N) is 1. The third kappa shape index (κ3) is 3.76. The number of rotatable bonds is 5. The van der Waals surface area contributed by atoms with Crippen molar-refractivity contribution in [2.75, 3.05) is 5.32 Å². The van der Waals surface area contributed by atoms with Crippen molar-refractivity contribution in [1.82, 2.24) is 4.98 Å². The Balaban J connectivity index is 1.24. The molecule has 1 N–H and O–H groups in total. The number of carbonyl (C=O) groups is 1. The summed E-state index contributed by atoms with van der Waals surface area (Å²) >= 11 is 0. The van der Waals surface area contributed by atoms with Crippen LogP contribution in [0, 0.1) is 23.2 Å². The average Bonchev–Trinajstić information content (AvgIpc) is 2.66. The summed E-state index contributed by atoms with van der Waals surface area (Å²) in [4.78, 5) is 17.2. The number of nitrogens with one attached hydrogen (secondary N) is 1. The highest BCUT2D eigenvalue weighted by atomic mass is 16.1. The van der Waals surface area contributed by atoms with Crippen molar-refractivity contribution in [1.29, 1.82) is 0 Å². The number of aromatic nitrogens is 1. The number of benzene rings is 1. The molecule has 28 heavy (non-hydrogen) atoms. The van der Waals surface area contributed by atoms with E-state index in [0.717, 1.165) is 34.7 Å². The first-order valence-electron chi connectivity index (χ1n) is 10.6. The van der Waals surface area contributed by atoms with Crippen molar-refractivity contribution in [2.24, 2.45) is 23.2 Å². The lowest BCUT2D eigenvalue weighted by Crippen LogP contribution is -2.47. The van der Waals surface area contributed by atoms with Crippen LogP contribution in [0.1, 0.15) is 56.2 Å². The molecule has 0 unspecified atom stereocenters. The first-order chi connectivity index (χ1) is 13.7. The smallest absolute Gasteiger partial charge is 0.224 e. The standard InChI is InChI=1S/C25H28N2O/c28-24(17-25-14-19-10-20(15-25)12-21(11-19)16-25)27-23-6-3-4-18(13-23)7-8-22-5-1-2-9-26-22/h1-9,13,19-21H,10-12,14-17H2,(H,27,28). The molecule has 4 saturated carbocycles. The van der Waals surface area contributed by atoms with Gasteiger partial charge in [-0.1, -0.05) is 24.3 Å². The minimum atomic E-state index is 0.188. The van der Waals surface area contributed by atoms with Gasteiger partial charge in [-0.3, -0.25) is 9.78 Å². The summed E-state index contributed by atoms with van der Waals surface area (Å²) in [7, 11) is 0. The highest BCUT2D eigenvalue weighted by Crippen LogP contribution is 2.61. The first kappa shape index (κ1) is 17.7. The molecule has 0 atom stereocenters. The van der Waals surface area contributed by atoms with E-state index in [1.807, 2.05) is 54.6 Å². The van der Waals surface area contributed by atoms with E-state index in [1.54, 1.807) is 6.20 Å². The van der Waals surface area contributed by atoms with Crippen molar-refractivity contribution in [2.45, 2.75) is 44.9 Å². The Morgan fingerprint density at radius 1 is 1.00 bits per heavy atom. The van der Waals surface area contributed by atoms with Crippen molar-refractivity contribution >= 4 is 23.7 Å². The summed E-state index contributed by atoms with van der Waals surface area (Å²) in [5.41, 5.74) is 3.17. The number of amides is 1. The summed E-state index contributed by atoms with van der Waals surface area (Å²) < 4.78 is 0. The molecule has 1 aromatic carbocycles. The Kier molecular flexibility index (Phi) is 4.54. The van der Waals surface area contributed by atoms with Gasteiger partial charge in [0, 0.05) is 18.3 Å². The molecular weight excluding hydrogens is 344 g/mol. The van der Waals surface area contributed by atoms with Crippen LogP contribution < -0.4 is 5.32 Å². The van der Waals surface area contributed by atoms with Gasteiger partial charge in [0.05, 0.1) is 5.69 Å². The van der Waals surface area contributed by atoms with Gasteiger partial charge in [0.1, 0.15) is 0 Å². The zero-order chi connectivity index (χ0) is 19.0. The van der Waals surface area contributed by atoms with E-state index in [0.29, 0.717) is 6.42 Å². The molecule has 144 valence electrons. The zero-order valence-electron chi connectivity index (χ0n) is 16.3. The average molecular weight is 373 g/mol. The third-order valence-corrected chi connectivity index (χ3v) is 7.01. The van der Waals surface area contributed by atoms with E-state index in [4.69, 9.17) is 0 Å². The molecule has 0 spiro atoms. The van der Waals surface area contributed by atoms with Crippen LogP contribution in [0.3, 0.4) is 0 Å². The maximum atomic E-state index is 12.8. The van der Waals surface area contributed by atoms with Crippen LogP contribution in [0.15, 0.2) is 48.7 Å². The van der Waals surface area contributed by atoms with Crippen molar-refractivity contribution in [3.63, 3.8) is 0 Å². The fourth-order valence-corrected chi connectivity index (χ4v) is 6.43. The maximum Gasteiger partial charge on any atom is 0.224 e. The molecule has 3 nitrogen and oxygen atoms in total. The molecule has 2 aromatic rings. The Bertz CT molecular complexity index is 851. The Hall–Kier alpha value is -2.42. The molecule has 0 saturated heterocycles. The van der Waals surface area contributed by atoms with Crippen LogP contribution in [-0.4, -0.2) is 10.9 Å². The second-order valence-electron chi connectivity index (χ2n) is 9.36. The lowest BCUT2D eigenvalue weighted by Gasteiger charge is -2.56. The van der Waals surface area contributed by atoms with Gasteiger partial charge >= 0.3 is 0 Å². The van der Waals surface area contributed by atoms with Gasteiger partial charge in [-0.15, -0.1) is 0 Å². The number of pyridine rings is 1. The molecule has 0 radical (unpaired) electrons. The normalized spacial score (nSPS) is 30.6. The van der Waals surface area contributed by atoms with Crippen LogP contribution in [-0.2, 0) is 4.79 Å². The largest absolute Gasteiger partial charge is 0.326 e. The van der Waals surface area contributed by atoms with E-state index in [1.165, 1.54) is 38.5 Å². The van der Waals surface area contributed by atoms with Gasteiger partial charge in [-0.2, -0.15) is 0 Å². The summed E-state index contributed by atoms with van der Waals surface area (Å²) in [6, 6.07) is 13.9. The van der Waals surface area contributed by atoms with E-state index >= 15 is 0 Å². The summed E-state index contributed by atoms with van der Waals surface area (Å²) in [6.45, 7) is 0. The van der Waals surface area contributed by atoms with E-state index in [9.17, 15) is 4.79 Å². The summed E-state index contributed by atoms with van der Waals surface area (Å²) in [5.74, 6) is 2.85. The van der Waals surface area contributed by atoms with Crippen molar-refractivity contribution in [3.8, 4) is 0 Å². The van der Waals surface area contributed by atoms with E-state index < -0.39 is 0 Å². The molecular formula is C25H28N2O. The lowest BCUT2D eigenvalue weighted by molar-refractivity contribution is -0.124. The summed E-state index contributed by atoms with van der Waals surface area (Å²) in [6.07, 6.45) is 14.6. The SMILES string of the molecule is O=C(CC12CC3CC(CC(C3)C1)C2)Nc1cccc(C=Cc2ccccn2)c1. The summed E-state index contributed by atoms with van der Waals surface area (Å²) in [5, 5.41) is 3.17. The molecule has 1 amide bonds.